The van der Waals surface area contributed by atoms with Crippen LogP contribution in [0, 0.1) is 34.6 Å². The number of fused-ring (bicyclic) bond motifs is 13. The van der Waals surface area contributed by atoms with Crippen LogP contribution in [0.1, 0.15) is 50.1 Å². The van der Waals surface area contributed by atoms with E-state index >= 15 is 0 Å². The molecule has 9 aromatic carbocycles. The van der Waals surface area contributed by atoms with E-state index < -0.39 is 5.41 Å². The zero-order chi connectivity index (χ0) is 41.8. The molecular formula is C60H41BN2. The van der Waals surface area contributed by atoms with E-state index in [0.29, 0.717) is 0 Å². The maximum atomic E-state index is 2.75. The molecule has 2 aromatic heterocycles. The Kier molecular flexibility index (Phi) is 6.18. The van der Waals surface area contributed by atoms with Gasteiger partial charge in [0.1, 0.15) is 0 Å². The highest BCUT2D eigenvalue weighted by molar-refractivity contribution is 7.01. The predicted octanol–water partition coefficient (Wildman–Crippen LogP) is 12.6. The zero-order valence-electron chi connectivity index (χ0n) is 36.0. The van der Waals surface area contributed by atoms with Crippen molar-refractivity contribution in [2.75, 3.05) is 0 Å². The van der Waals surface area contributed by atoms with E-state index in [1.165, 1.54) is 155 Å². The lowest BCUT2D eigenvalue weighted by atomic mass is 9.33. The Hall–Kier alpha value is -7.36. The summed E-state index contributed by atoms with van der Waals surface area (Å²) < 4.78 is 5.45. The minimum Gasteiger partial charge on any atom is -0.310 e. The van der Waals surface area contributed by atoms with Gasteiger partial charge in [-0.1, -0.05) is 162 Å². The van der Waals surface area contributed by atoms with Gasteiger partial charge in [-0.15, -0.1) is 0 Å². The van der Waals surface area contributed by atoms with Crippen LogP contribution in [0.4, 0.5) is 0 Å². The van der Waals surface area contributed by atoms with E-state index in [1.54, 1.807) is 0 Å². The Morgan fingerprint density at radius 2 is 1.11 bits per heavy atom. The van der Waals surface area contributed by atoms with Crippen LogP contribution in [0.25, 0.3) is 88.4 Å². The average Bonchev–Trinajstić information content (AvgIpc) is 3.94. The van der Waals surface area contributed by atoms with Crippen molar-refractivity contribution in [2.24, 2.45) is 0 Å². The molecule has 3 aliphatic heterocycles. The Morgan fingerprint density at radius 3 is 1.92 bits per heavy atom. The molecule has 1 aliphatic carbocycles. The van der Waals surface area contributed by atoms with Gasteiger partial charge >= 0.3 is 0 Å². The quantitative estimate of drug-likeness (QED) is 0.154. The first-order valence-electron chi connectivity index (χ1n) is 22.6. The van der Waals surface area contributed by atoms with E-state index in [1.807, 2.05) is 0 Å². The average molecular weight is 801 g/mol. The minimum atomic E-state index is -0.507. The number of aromatic nitrogens is 2. The SMILES string of the molecule is Cc1ccc(-c2c(-c3ccc(C)cc3)n3c4c(c5ccccc5cc24)B2c4c-3ccc3c4-n4c5c2ccc(C)c5c2c(C)ccc(c24)C32c3ccccc3-c3ccc(C)cc32)cc1. The molecule has 2 nitrogen and oxygen atoms in total. The maximum absolute atomic E-state index is 2.75. The van der Waals surface area contributed by atoms with E-state index in [-0.39, 0.29) is 6.71 Å². The van der Waals surface area contributed by atoms with Gasteiger partial charge in [-0.25, -0.2) is 0 Å². The highest BCUT2D eigenvalue weighted by Gasteiger charge is 2.54. The van der Waals surface area contributed by atoms with E-state index in [4.69, 9.17) is 0 Å². The highest BCUT2D eigenvalue weighted by Crippen LogP contribution is 2.62. The van der Waals surface area contributed by atoms with Crippen molar-refractivity contribution in [1.82, 2.24) is 9.13 Å². The van der Waals surface area contributed by atoms with Gasteiger partial charge in [0.2, 0.25) is 0 Å². The van der Waals surface area contributed by atoms with Crippen molar-refractivity contribution in [3.63, 3.8) is 0 Å². The van der Waals surface area contributed by atoms with Crippen LogP contribution < -0.4 is 16.4 Å². The van der Waals surface area contributed by atoms with Crippen molar-refractivity contribution < 1.29 is 0 Å². The molecule has 3 heteroatoms. The summed E-state index contributed by atoms with van der Waals surface area (Å²) >= 11 is 0. The lowest BCUT2D eigenvalue weighted by molar-refractivity contribution is 0.748. The van der Waals surface area contributed by atoms with Crippen LogP contribution in [-0.4, -0.2) is 15.8 Å². The molecule has 11 aromatic rings. The summed E-state index contributed by atoms with van der Waals surface area (Å²) in [4.78, 5) is 0. The fourth-order valence-electron chi connectivity index (χ4n) is 13.2. The van der Waals surface area contributed by atoms with Crippen molar-refractivity contribution in [1.29, 1.82) is 0 Å². The zero-order valence-corrected chi connectivity index (χ0v) is 36.0. The summed E-state index contributed by atoms with van der Waals surface area (Å²) in [5.41, 5.74) is 30.2. The highest BCUT2D eigenvalue weighted by atomic mass is 15.1. The number of aryl methyl sites for hydroxylation is 5. The fourth-order valence-corrected chi connectivity index (χ4v) is 13.2. The van der Waals surface area contributed by atoms with Gasteiger partial charge in [0.15, 0.2) is 0 Å². The molecule has 4 aliphatic rings. The van der Waals surface area contributed by atoms with Crippen molar-refractivity contribution in [3.05, 3.63) is 208 Å². The number of hydrogen-bond donors (Lipinski definition) is 0. The van der Waals surface area contributed by atoms with Gasteiger partial charge < -0.3 is 9.13 Å². The molecule has 1 unspecified atom stereocenters. The Morgan fingerprint density at radius 1 is 0.444 bits per heavy atom. The molecule has 0 saturated heterocycles. The monoisotopic (exact) mass is 800 g/mol. The minimum absolute atomic E-state index is 0.00938. The Balaban J connectivity index is 1.22. The van der Waals surface area contributed by atoms with E-state index in [0.717, 1.165) is 0 Å². The predicted molar refractivity (Wildman–Crippen MR) is 265 cm³/mol. The second-order valence-electron chi connectivity index (χ2n) is 19.1. The van der Waals surface area contributed by atoms with Crippen molar-refractivity contribution in [2.45, 2.75) is 40.0 Å². The summed E-state index contributed by atoms with van der Waals surface area (Å²) in [6.07, 6.45) is 0. The molecule has 0 saturated carbocycles. The van der Waals surface area contributed by atoms with Gasteiger partial charge in [0.05, 0.1) is 22.1 Å². The Bertz CT molecular complexity index is 3950. The van der Waals surface area contributed by atoms with Crippen LogP contribution >= 0.6 is 0 Å². The topological polar surface area (TPSA) is 9.86 Å². The fraction of sp³-hybridized carbons (Fsp3) is 0.100. The van der Waals surface area contributed by atoms with Gasteiger partial charge in [-0.2, -0.15) is 0 Å². The molecule has 1 atom stereocenters. The molecule has 0 N–H and O–H groups in total. The molecule has 15 rings (SSSR count). The van der Waals surface area contributed by atoms with Gasteiger partial charge in [0, 0.05) is 38.6 Å². The van der Waals surface area contributed by atoms with Gasteiger partial charge in [-0.05, 0) is 130 Å². The van der Waals surface area contributed by atoms with Crippen LogP contribution in [0.15, 0.2) is 158 Å². The summed E-state index contributed by atoms with van der Waals surface area (Å²) in [6.45, 7) is 11.3. The summed E-state index contributed by atoms with van der Waals surface area (Å²) in [5, 5.41) is 6.72. The smallest absolute Gasteiger partial charge is 0.253 e. The van der Waals surface area contributed by atoms with Gasteiger partial charge in [-0.3, -0.25) is 0 Å². The van der Waals surface area contributed by atoms with Crippen molar-refractivity contribution >= 4 is 66.6 Å². The molecule has 1 spiro atoms. The first-order valence-corrected chi connectivity index (χ1v) is 22.6. The van der Waals surface area contributed by atoms with Gasteiger partial charge in [0.25, 0.3) is 6.71 Å². The normalized spacial score (nSPS) is 15.7. The molecule has 294 valence electrons. The van der Waals surface area contributed by atoms with Crippen LogP contribution in [0.5, 0.6) is 0 Å². The second kappa shape index (κ2) is 11.4. The number of benzene rings is 9. The first-order chi connectivity index (χ1) is 30.8. The molecule has 0 amide bonds. The second-order valence-corrected chi connectivity index (χ2v) is 19.1. The van der Waals surface area contributed by atoms with Crippen molar-refractivity contribution in [3.8, 4) is 44.9 Å². The lowest BCUT2D eigenvalue weighted by Crippen LogP contribution is -2.60. The number of hydrogen-bond acceptors (Lipinski definition) is 0. The number of rotatable bonds is 2. The third-order valence-electron chi connectivity index (χ3n) is 15.7. The third kappa shape index (κ3) is 3.84. The largest absolute Gasteiger partial charge is 0.310 e. The standard InChI is InChI=1S/C60H41BN2/c1-32-14-21-37(22-15-32)52-43-31-39-10-6-7-11-40(39)53-56(43)62(55(52)38-23-16-33(2)17-24-38)49-29-27-46-58-54(49)61(53)48-28-20-36(5)51-50-35(4)19-26-45(57(50)63(58)59(48)51)60(46)44-13-9-8-12-41(44)42-25-18-34(3)30-47(42)60/h6-31H,1-5H3. The summed E-state index contributed by atoms with van der Waals surface area (Å²) in [6, 6.07) is 61.6. The van der Waals surface area contributed by atoms with Crippen LogP contribution in [0.3, 0.4) is 0 Å². The van der Waals surface area contributed by atoms with Crippen LogP contribution in [-0.2, 0) is 5.41 Å². The molecular weight excluding hydrogens is 759 g/mol. The molecule has 63 heavy (non-hydrogen) atoms. The number of nitrogens with zero attached hydrogens (tertiary/aromatic N) is 2. The molecule has 0 radical (unpaired) electrons. The Labute approximate surface area is 366 Å². The van der Waals surface area contributed by atoms with Crippen LogP contribution in [0.2, 0.25) is 0 Å². The third-order valence-corrected chi connectivity index (χ3v) is 15.7. The maximum Gasteiger partial charge on any atom is 0.253 e. The molecule has 0 fully saturated rings. The summed E-state index contributed by atoms with van der Waals surface area (Å²) in [5.74, 6) is 0. The lowest BCUT2D eigenvalue weighted by Gasteiger charge is -2.44. The van der Waals surface area contributed by atoms with E-state index in [9.17, 15) is 0 Å². The molecule has 5 heterocycles. The van der Waals surface area contributed by atoms with E-state index in [2.05, 4.69) is 201 Å². The first kappa shape index (κ1) is 34.3. The summed E-state index contributed by atoms with van der Waals surface area (Å²) in [7, 11) is 0. The molecule has 0 bridgehead atoms.